The van der Waals surface area contributed by atoms with Crippen LogP contribution < -0.4 is 0 Å². The van der Waals surface area contributed by atoms with Crippen molar-refractivity contribution in [3.63, 3.8) is 0 Å². The molecule has 0 N–H and O–H groups in total. The number of fused-ring (bicyclic) bond motifs is 8. The summed E-state index contributed by atoms with van der Waals surface area (Å²) in [5.41, 5.74) is 9.23. The fourth-order valence-electron chi connectivity index (χ4n) is 7.62. The third kappa shape index (κ3) is 4.03. The van der Waals surface area contributed by atoms with Gasteiger partial charge in [0.2, 0.25) is 0 Å². The molecule has 0 amide bonds. The second-order valence-corrected chi connectivity index (χ2v) is 12.5. The summed E-state index contributed by atoms with van der Waals surface area (Å²) < 4.78 is 6.62. The summed E-state index contributed by atoms with van der Waals surface area (Å²) in [7, 11) is 0. The lowest BCUT2D eigenvalue weighted by Crippen LogP contribution is -1.91. The average molecular weight is 597 g/mol. The predicted molar refractivity (Wildman–Crippen MR) is 200 cm³/mol. The third-order valence-corrected chi connectivity index (χ3v) is 9.82. The first kappa shape index (κ1) is 26.1. The van der Waals surface area contributed by atoms with Crippen molar-refractivity contribution in [1.29, 1.82) is 0 Å². The summed E-state index contributed by atoms with van der Waals surface area (Å²) in [6.07, 6.45) is 0. The highest BCUT2D eigenvalue weighted by Gasteiger charge is 2.18. The molecule has 0 aliphatic carbocycles. The summed E-state index contributed by atoms with van der Waals surface area (Å²) in [6, 6.07) is 61.6. The highest BCUT2D eigenvalue weighted by atomic mass is 16.3. The molecule has 218 valence electrons. The van der Waals surface area contributed by atoms with E-state index in [0.717, 1.165) is 32.9 Å². The fourth-order valence-corrected chi connectivity index (χ4v) is 7.62. The van der Waals surface area contributed by atoms with E-state index in [4.69, 9.17) is 4.42 Å². The maximum absolute atomic E-state index is 6.62. The zero-order valence-corrected chi connectivity index (χ0v) is 25.6. The molecule has 0 radical (unpaired) electrons. The van der Waals surface area contributed by atoms with E-state index in [-0.39, 0.29) is 0 Å². The topological polar surface area (TPSA) is 13.1 Å². The van der Waals surface area contributed by atoms with Gasteiger partial charge in [-0.1, -0.05) is 140 Å². The molecule has 0 saturated carbocycles. The SMILES string of the molecule is c1ccc(-c2ccc3cc(-c4c5ccccc5c(-c5ccc6c(c5)oc5c7ccccc7ccc65)c5ccccc45)ccc3c2)cc1. The predicted octanol–water partition coefficient (Wildman–Crippen LogP) is 13.2. The number of benzene rings is 9. The molecule has 1 aromatic heterocycles. The zero-order chi connectivity index (χ0) is 30.9. The van der Waals surface area contributed by atoms with Crippen molar-refractivity contribution in [2.24, 2.45) is 0 Å². The van der Waals surface area contributed by atoms with Gasteiger partial charge in [-0.2, -0.15) is 0 Å². The van der Waals surface area contributed by atoms with Crippen molar-refractivity contribution >= 4 is 65.0 Å². The maximum Gasteiger partial charge on any atom is 0.143 e. The van der Waals surface area contributed by atoms with Crippen LogP contribution in [-0.4, -0.2) is 0 Å². The summed E-state index contributed by atoms with van der Waals surface area (Å²) in [4.78, 5) is 0. The molecule has 9 aromatic carbocycles. The molecule has 1 nitrogen and oxygen atoms in total. The molecule has 0 saturated heterocycles. The molecule has 0 atom stereocenters. The Hall–Kier alpha value is -6.18. The van der Waals surface area contributed by atoms with E-state index in [2.05, 4.69) is 170 Å². The van der Waals surface area contributed by atoms with Gasteiger partial charge in [0, 0.05) is 16.2 Å². The largest absolute Gasteiger partial charge is 0.455 e. The molecule has 0 spiro atoms. The van der Waals surface area contributed by atoms with Crippen molar-refractivity contribution in [2.45, 2.75) is 0 Å². The smallest absolute Gasteiger partial charge is 0.143 e. The Labute approximate surface area is 271 Å². The Morgan fingerprint density at radius 3 is 1.45 bits per heavy atom. The lowest BCUT2D eigenvalue weighted by Gasteiger charge is -2.18. The van der Waals surface area contributed by atoms with Crippen LogP contribution in [0, 0.1) is 0 Å². The molecule has 0 aliphatic heterocycles. The monoisotopic (exact) mass is 596 g/mol. The van der Waals surface area contributed by atoms with Crippen molar-refractivity contribution in [1.82, 2.24) is 0 Å². The summed E-state index contributed by atoms with van der Waals surface area (Å²) in [5.74, 6) is 0. The summed E-state index contributed by atoms with van der Waals surface area (Å²) in [5, 5.41) is 12.1. The molecular weight excluding hydrogens is 569 g/mol. The van der Waals surface area contributed by atoms with Crippen LogP contribution in [0.15, 0.2) is 174 Å². The van der Waals surface area contributed by atoms with E-state index in [1.807, 2.05) is 0 Å². The second-order valence-electron chi connectivity index (χ2n) is 12.5. The van der Waals surface area contributed by atoms with Crippen LogP contribution in [-0.2, 0) is 0 Å². The van der Waals surface area contributed by atoms with Gasteiger partial charge >= 0.3 is 0 Å². The van der Waals surface area contributed by atoms with Gasteiger partial charge in [-0.05, 0) is 101 Å². The van der Waals surface area contributed by atoms with E-state index < -0.39 is 0 Å². The minimum absolute atomic E-state index is 0.912. The van der Waals surface area contributed by atoms with Crippen molar-refractivity contribution in [2.75, 3.05) is 0 Å². The molecule has 0 bridgehead atoms. The van der Waals surface area contributed by atoms with Crippen LogP contribution in [0.2, 0.25) is 0 Å². The Morgan fingerprint density at radius 1 is 0.277 bits per heavy atom. The quantitative estimate of drug-likeness (QED) is 0.185. The highest BCUT2D eigenvalue weighted by molar-refractivity contribution is 6.23. The first-order valence-electron chi connectivity index (χ1n) is 16.2. The van der Waals surface area contributed by atoms with Crippen molar-refractivity contribution in [3.05, 3.63) is 170 Å². The number of hydrogen-bond acceptors (Lipinski definition) is 1. The highest BCUT2D eigenvalue weighted by Crippen LogP contribution is 2.45. The lowest BCUT2D eigenvalue weighted by molar-refractivity contribution is 0.673. The zero-order valence-electron chi connectivity index (χ0n) is 25.6. The molecule has 0 unspecified atom stereocenters. The van der Waals surface area contributed by atoms with Gasteiger partial charge < -0.3 is 4.42 Å². The molecule has 47 heavy (non-hydrogen) atoms. The third-order valence-electron chi connectivity index (χ3n) is 9.82. The maximum atomic E-state index is 6.62. The minimum Gasteiger partial charge on any atom is -0.455 e. The molecular formula is C46H28O. The van der Waals surface area contributed by atoms with Crippen LogP contribution in [0.5, 0.6) is 0 Å². The molecule has 1 heteroatoms. The van der Waals surface area contributed by atoms with Crippen LogP contribution in [0.1, 0.15) is 0 Å². The Balaban J connectivity index is 1.19. The van der Waals surface area contributed by atoms with Crippen LogP contribution in [0.3, 0.4) is 0 Å². The summed E-state index contributed by atoms with van der Waals surface area (Å²) in [6.45, 7) is 0. The second kappa shape index (κ2) is 10.2. The van der Waals surface area contributed by atoms with E-state index >= 15 is 0 Å². The number of hydrogen-bond donors (Lipinski definition) is 0. The van der Waals surface area contributed by atoms with Crippen molar-refractivity contribution in [3.8, 4) is 33.4 Å². The molecule has 10 aromatic rings. The van der Waals surface area contributed by atoms with Gasteiger partial charge in [0.25, 0.3) is 0 Å². The minimum atomic E-state index is 0.912. The lowest BCUT2D eigenvalue weighted by atomic mass is 9.85. The first-order chi connectivity index (χ1) is 23.3. The molecule has 10 rings (SSSR count). The van der Waals surface area contributed by atoms with Crippen LogP contribution in [0.4, 0.5) is 0 Å². The van der Waals surface area contributed by atoms with E-state index in [0.29, 0.717) is 0 Å². The first-order valence-corrected chi connectivity index (χ1v) is 16.2. The van der Waals surface area contributed by atoms with Gasteiger partial charge in [0.1, 0.15) is 11.2 Å². The Kier molecular flexibility index (Phi) is 5.64. The Bertz CT molecular complexity index is 2780. The summed E-state index contributed by atoms with van der Waals surface area (Å²) >= 11 is 0. The van der Waals surface area contributed by atoms with Gasteiger partial charge in [-0.15, -0.1) is 0 Å². The Morgan fingerprint density at radius 2 is 0.766 bits per heavy atom. The average Bonchev–Trinajstić information content (AvgIpc) is 3.52. The number of rotatable bonds is 3. The molecule has 0 fully saturated rings. The van der Waals surface area contributed by atoms with Gasteiger partial charge in [0.05, 0.1) is 0 Å². The van der Waals surface area contributed by atoms with Gasteiger partial charge in [0.15, 0.2) is 0 Å². The van der Waals surface area contributed by atoms with Crippen LogP contribution >= 0.6 is 0 Å². The molecule has 1 heterocycles. The standard InChI is InChI=1S/C46H28O/c1-2-10-29(11-3-1)31-18-19-33-27-34(21-20-32(33)26-31)44-38-14-6-8-16-40(38)45(41-17-9-7-15-39(41)44)35-23-24-37-42-25-22-30-12-4-5-13-36(30)46(42)47-43(37)28-35/h1-28H. The van der Waals surface area contributed by atoms with E-state index in [1.165, 1.54) is 65.5 Å². The molecule has 0 aliphatic rings. The van der Waals surface area contributed by atoms with E-state index in [1.54, 1.807) is 0 Å². The fraction of sp³-hybridized carbons (Fsp3) is 0. The number of furan rings is 1. The van der Waals surface area contributed by atoms with Crippen LogP contribution in [0.25, 0.3) is 98.4 Å². The normalized spacial score (nSPS) is 11.8. The van der Waals surface area contributed by atoms with E-state index in [9.17, 15) is 0 Å². The van der Waals surface area contributed by atoms with Gasteiger partial charge in [-0.3, -0.25) is 0 Å². The van der Waals surface area contributed by atoms with Gasteiger partial charge in [-0.25, -0.2) is 0 Å². The van der Waals surface area contributed by atoms with Crippen molar-refractivity contribution < 1.29 is 4.42 Å².